The van der Waals surface area contributed by atoms with E-state index in [1.807, 2.05) is 55.4 Å². The van der Waals surface area contributed by atoms with Crippen LogP contribution in [0.1, 0.15) is 184 Å². The largest absolute Gasteiger partial charge is 0.0959 e. The minimum absolute atomic E-state index is 0.343. The highest BCUT2D eigenvalue weighted by Gasteiger charge is 2.37. The van der Waals surface area contributed by atoms with Crippen molar-refractivity contribution in [2.75, 3.05) is 5.90 Å². The van der Waals surface area contributed by atoms with E-state index in [-0.39, 0.29) is 0 Å². The average molecular weight is 529 g/mol. The van der Waals surface area contributed by atoms with Crippen molar-refractivity contribution in [3.8, 4) is 0 Å². The molecule has 0 bridgehead atoms. The highest BCUT2D eigenvalue weighted by molar-refractivity contribution is 7.76. The van der Waals surface area contributed by atoms with Crippen molar-refractivity contribution in [1.82, 2.24) is 0 Å². The molecule has 0 amide bonds. The number of hydrogen-bond donors (Lipinski definition) is 0. The van der Waals surface area contributed by atoms with E-state index >= 15 is 0 Å². The molecule has 35 heavy (non-hydrogen) atoms. The number of hydrogen-bond acceptors (Lipinski definition) is 0. The maximum absolute atomic E-state index is 2.00. The molecule has 2 heteroatoms. The van der Waals surface area contributed by atoms with E-state index in [4.69, 9.17) is 0 Å². The summed E-state index contributed by atoms with van der Waals surface area (Å²) >= 11 is 0. The summed E-state index contributed by atoms with van der Waals surface area (Å²) in [4.78, 5) is 0. The van der Waals surface area contributed by atoms with E-state index in [9.17, 15) is 0 Å². The summed E-state index contributed by atoms with van der Waals surface area (Å²) in [5.41, 5.74) is 4.76. The zero-order valence-corrected chi connectivity index (χ0v) is 27.8. The Kier molecular flexibility index (Phi) is 25.8. The molecule has 0 aromatic carbocycles. The Morgan fingerprint density at radius 3 is 0.657 bits per heavy atom. The Morgan fingerprint density at radius 1 is 0.314 bits per heavy atom. The van der Waals surface area contributed by atoms with Crippen molar-refractivity contribution in [2.45, 2.75) is 206 Å². The predicted octanol–water partition coefficient (Wildman–Crippen LogP) is 13.3. The summed E-state index contributed by atoms with van der Waals surface area (Å²) in [6.07, 6.45) is 31.8. The average Bonchev–Trinajstić information content (AvgIpc) is 3.00. The molecule has 0 aliphatic heterocycles. The van der Waals surface area contributed by atoms with Gasteiger partial charge in [0.25, 0.3) is 0 Å². The molecule has 0 saturated heterocycles. The van der Waals surface area contributed by atoms with E-state index in [1.54, 1.807) is 134 Å². The van der Waals surface area contributed by atoms with E-state index in [0.29, 0.717) is 15.8 Å². The second kappa shape index (κ2) is 25.2. The molecule has 4 aliphatic carbocycles. The van der Waals surface area contributed by atoms with Gasteiger partial charge in [0.15, 0.2) is 0 Å². The van der Waals surface area contributed by atoms with Gasteiger partial charge in [0.1, 0.15) is 0 Å². The molecular weight excluding hydrogens is 458 g/mol. The lowest BCUT2D eigenvalue weighted by Crippen LogP contribution is -2.26. The highest BCUT2D eigenvalue weighted by atomic mass is 31.2. The Morgan fingerprint density at radius 2 is 0.486 bits per heavy atom. The molecule has 4 rings (SSSR count). The number of rotatable bonds is 6. The first-order chi connectivity index (χ1) is 17.4. The molecule has 212 valence electrons. The van der Waals surface area contributed by atoms with Gasteiger partial charge in [-0.15, -0.1) is 0 Å². The predicted molar refractivity (Wildman–Crippen MR) is 172 cm³/mol. The van der Waals surface area contributed by atoms with Crippen LogP contribution in [0.4, 0.5) is 0 Å². The van der Waals surface area contributed by atoms with Gasteiger partial charge in [-0.1, -0.05) is 148 Å². The summed E-state index contributed by atoms with van der Waals surface area (Å²) in [6, 6.07) is 0. The molecule has 0 unspecified atom stereocenters. The fraction of sp³-hybridized carbons (Fsp3) is 1.00. The summed E-state index contributed by atoms with van der Waals surface area (Å²) < 4.78 is 0. The Labute approximate surface area is 227 Å². The maximum atomic E-state index is 2.00. The van der Waals surface area contributed by atoms with Crippen molar-refractivity contribution in [3.63, 3.8) is 0 Å². The fourth-order valence-corrected chi connectivity index (χ4v) is 17.4. The van der Waals surface area contributed by atoms with Crippen LogP contribution in [-0.4, -0.2) is 28.5 Å². The molecule has 4 saturated carbocycles. The van der Waals surface area contributed by atoms with Gasteiger partial charge < -0.3 is 0 Å². The highest BCUT2D eigenvalue weighted by Crippen LogP contribution is 2.67. The van der Waals surface area contributed by atoms with Crippen LogP contribution in [0, 0.1) is 0 Å². The van der Waals surface area contributed by atoms with E-state index < -0.39 is 0 Å². The van der Waals surface area contributed by atoms with Crippen LogP contribution in [0.25, 0.3) is 0 Å². The Balaban J connectivity index is 0.00000132. The molecule has 4 aliphatic rings. The molecule has 0 nitrogen and oxygen atoms in total. The van der Waals surface area contributed by atoms with Gasteiger partial charge in [-0.25, -0.2) is 0 Å². The van der Waals surface area contributed by atoms with Crippen LogP contribution in [0.15, 0.2) is 0 Å². The van der Waals surface area contributed by atoms with Gasteiger partial charge in [-0.3, -0.25) is 0 Å². The standard InChI is InChI=1S/C25H46P2.4C2H6/c1-5-13-22(14-6-1)26(23-15-7-2-8-16-23)21-27(24-17-9-3-10-18-24)25-19-11-4-12-20-25;4*1-2/h22-25H,1-21H2;4*1-2H3. The van der Waals surface area contributed by atoms with Gasteiger partial charge in [-0.2, -0.15) is 0 Å². The summed E-state index contributed by atoms with van der Waals surface area (Å²) in [6.45, 7) is 16.0. The normalized spacial score (nSPS) is 22.5. The molecule has 0 spiro atoms. The van der Waals surface area contributed by atoms with Crippen molar-refractivity contribution in [2.24, 2.45) is 0 Å². The second-order valence-electron chi connectivity index (χ2n) is 10.3. The molecule has 0 aromatic heterocycles. The maximum Gasteiger partial charge on any atom is -0.0111 e. The third-order valence-electron chi connectivity index (χ3n) is 8.50. The Hall–Kier alpha value is 0.860. The van der Waals surface area contributed by atoms with Crippen molar-refractivity contribution in [3.05, 3.63) is 0 Å². The van der Waals surface area contributed by atoms with Crippen LogP contribution >= 0.6 is 15.8 Å². The van der Waals surface area contributed by atoms with Crippen LogP contribution in [-0.2, 0) is 0 Å². The van der Waals surface area contributed by atoms with Gasteiger partial charge in [0.05, 0.1) is 0 Å². The van der Waals surface area contributed by atoms with Crippen LogP contribution in [0.2, 0.25) is 0 Å². The topological polar surface area (TPSA) is 0 Å². The van der Waals surface area contributed by atoms with E-state index in [0.717, 1.165) is 0 Å². The Bertz CT molecular complexity index is 325. The molecule has 0 atom stereocenters. The van der Waals surface area contributed by atoms with Crippen molar-refractivity contribution >= 4 is 15.8 Å². The zero-order valence-electron chi connectivity index (χ0n) is 26.1. The van der Waals surface area contributed by atoms with E-state index in [1.165, 1.54) is 22.6 Å². The van der Waals surface area contributed by atoms with Crippen LogP contribution in [0.3, 0.4) is 0 Å². The molecule has 0 radical (unpaired) electrons. The minimum atomic E-state index is 0.343. The lowest BCUT2D eigenvalue weighted by Gasteiger charge is -2.45. The minimum Gasteiger partial charge on any atom is -0.0959 e. The lowest BCUT2D eigenvalue weighted by molar-refractivity contribution is 0.481. The second-order valence-corrected chi connectivity index (χ2v) is 16.4. The van der Waals surface area contributed by atoms with Gasteiger partial charge in [0, 0.05) is 0 Å². The molecule has 4 fully saturated rings. The van der Waals surface area contributed by atoms with Gasteiger partial charge in [-0.05, 0) is 79.9 Å². The van der Waals surface area contributed by atoms with Crippen molar-refractivity contribution in [1.29, 1.82) is 0 Å². The lowest BCUT2D eigenvalue weighted by atomic mass is 9.99. The summed E-state index contributed by atoms with van der Waals surface area (Å²) in [5.74, 6) is 1.79. The third kappa shape index (κ3) is 13.5. The van der Waals surface area contributed by atoms with E-state index in [2.05, 4.69) is 0 Å². The van der Waals surface area contributed by atoms with Crippen LogP contribution in [0.5, 0.6) is 0 Å². The third-order valence-corrected chi connectivity index (χ3v) is 16.9. The van der Waals surface area contributed by atoms with Crippen LogP contribution < -0.4 is 0 Å². The summed E-state index contributed by atoms with van der Waals surface area (Å²) in [5, 5.41) is 0. The fourth-order valence-electron chi connectivity index (χ4n) is 6.90. The van der Waals surface area contributed by atoms with Gasteiger partial charge in [0.2, 0.25) is 0 Å². The first-order valence-corrected chi connectivity index (χ1v) is 20.3. The first-order valence-electron chi connectivity index (χ1n) is 16.9. The first kappa shape index (κ1) is 35.9. The summed E-state index contributed by atoms with van der Waals surface area (Å²) in [7, 11) is 0.686. The molecule has 0 heterocycles. The SMILES string of the molecule is C1CCC(P(CP(C2CCCCC2)C2CCCCC2)C2CCCCC2)CC1.CC.CC.CC.CC. The molecular formula is C33H70P2. The smallest absolute Gasteiger partial charge is 0.0111 e. The zero-order chi connectivity index (χ0) is 26.3. The monoisotopic (exact) mass is 528 g/mol. The molecule has 0 N–H and O–H groups in total. The van der Waals surface area contributed by atoms with Crippen molar-refractivity contribution < 1.29 is 0 Å². The molecule has 0 aromatic rings. The van der Waals surface area contributed by atoms with Gasteiger partial charge >= 0.3 is 0 Å². The quantitative estimate of drug-likeness (QED) is 0.301.